The molecule has 0 atom stereocenters. The fourth-order valence-electron chi connectivity index (χ4n) is 2.61. The van der Waals surface area contributed by atoms with Gasteiger partial charge in [0.25, 0.3) is 0 Å². The highest BCUT2D eigenvalue weighted by molar-refractivity contribution is 5.42. The van der Waals surface area contributed by atoms with Gasteiger partial charge in [-0.1, -0.05) is 45.4 Å². The van der Waals surface area contributed by atoms with Crippen molar-refractivity contribution in [3.63, 3.8) is 0 Å². The molecule has 1 aromatic rings. The molecular formula is C17H29NO. The standard InChI is InChI=1S/C17H29NO/c1-7-17(8-2,12-18-13(3)4)15-11-14(5)9-10-16(15)19-6/h9-11,13,18H,7-8,12H2,1-6H3. The average Bonchev–Trinajstić information content (AvgIpc) is 2.40. The summed E-state index contributed by atoms with van der Waals surface area (Å²) in [4.78, 5) is 0. The number of hydrogen-bond acceptors (Lipinski definition) is 2. The van der Waals surface area contributed by atoms with Crippen LogP contribution in [0.2, 0.25) is 0 Å². The highest BCUT2D eigenvalue weighted by Gasteiger charge is 2.31. The van der Waals surface area contributed by atoms with Crippen molar-refractivity contribution >= 4 is 0 Å². The maximum Gasteiger partial charge on any atom is 0.122 e. The molecule has 19 heavy (non-hydrogen) atoms. The highest BCUT2D eigenvalue weighted by Crippen LogP contribution is 2.37. The van der Waals surface area contributed by atoms with E-state index < -0.39 is 0 Å². The zero-order valence-electron chi connectivity index (χ0n) is 13.3. The first-order valence-electron chi connectivity index (χ1n) is 7.37. The molecule has 0 aliphatic rings. The maximum atomic E-state index is 5.59. The van der Waals surface area contributed by atoms with Crippen LogP contribution in [0.25, 0.3) is 0 Å². The summed E-state index contributed by atoms with van der Waals surface area (Å²) in [6, 6.07) is 7.01. The molecule has 0 aliphatic carbocycles. The summed E-state index contributed by atoms with van der Waals surface area (Å²) in [5, 5.41) is 3.60. The Bertz CT molecular complexity index is 394. The predicted octanol–water partition coefficient (Wildman–Crippen LogP) is 4.06. The van der Waals surface area contributed by atoms with Gasteiger partial charge in [0.2, 0.25) is 0 Å². The van der Waals surface area contributed by atoms with Crippen LogP contribution in [0.3, 0.4) is 0 Å². The summed E-state index contributed by atoms with van der Waals surface area (Å²) in [6.45, 7) is 12.1. The third kappa shape index (κ3) is 3.73. The van der Waals surface area contributed by atoms with E-state index in [1.54, 1.807) is 7.11 Å². The molecule has 1 aromatic carbocycles. The Balaban J connectivity index is 3.20. The van der Waals surface area contributed by atoms with Crippen molar-refractivity contribution in [2.24, 2.45) is 0 Å². The molecule has 0 saturated carbocycles. The van der Waals surface area contributed by atoms with Gasteiger partial charge in [0.1, 0.15) is 5.75 Å². The fourth-order valence-corrected chi connectivity index (χ4v) is 2.61. The Kier molecular flexibility index (Phi) is 5.86. The predicted molar refractivity (Wildman–Crippen MR) is 83.1 cm³/mol. The first-order valence-corrected chi connectivity index (χ1v) is 7.37. The lowest BCUT2D eigenvalue weighted by molar-refractivity contribution is 0.331. The quantitative estimate of drug-likeness (QED) is 0.801. The molecule has 0 amide bonds. The molecule has 0 radical (unpaired) electrons. The van der Waals surface area contributed by atoms with E-state index in [9.17, 15) is 0 Å². The van der Waals surface area contributed by atoms with Gasteiger partial charge in [-0.3, -0.25) is 0 Å². The number of nitrogens with one attached hydrogen (secondary N) is 1. The minimum Gasteiger partial charge on any atom is -0.496 e. The number of ether oxygens (including phenoxy) is 1. The summed E-state index contributed by atoms with van der Waals surface area (Å²) in [7, 11) is 1.76. The molecule has 1 N–H and O–H groups in total. The Labute approximate surface area is 118 Å². The molecule has 0 aliphatic heterocycles. The monoisotopic (exact) mass is 263 g/mol. The van der Waals surface area contributed by atoms with E-state index in [4.69, 9.17) is 4.74 Å². The van der Waals surface area contributed by atoms with Crippen molar-refractivity contribution in [2.45, 2.75) is 58.9 Å². The average molecular weight is 263 g/mol. The van der Waals surface area contributed by atoms with E-state index in [2.05, 4.69) is 58.1 Å². The number of benzene rings is 1. The van der Waals surface area contributed by atoms with Crippen LogP contribution in [-0.4, -0.2) is 19.7 Å². The Morgan fingerprint density at radius 2 is 1.84 bits per heavy atom. The van der Waals surface area contributed by atoms with Crippen LogP contribution in [-0.2, 0) is 5.41 Å². The van der Waals surface area contributed by atoms with Crippen LogP contribution in [0.1, 0.15) is 51.7 Å². The lowest BCUT2D eigenvalue weighted by Gasteiger charge is -2.35. The summed E-state index contributed by atoms with van der Waals surface area (Å²) in [5.41, 5.74) is 2.79. The molecule has 1 rings (SSSR count). The van der Waals surface area contributed by atoms with Gasteiger partial charge in [0.15, 0.2) is 0 Å². The van der Waals surface area contributed by atoms with E-state index in [1.807, 2.05) is 0 Å². The first-order chi connectivity index (χ1) is 8.99. The molecule has 0 bridgehead atoms. The van der Waals surface area contributed by atoms with Crippen LogP contribution in [0, 0.1) is 6.92 Å². The van der Waals surface area contributed by atoms with Gasteiger partial charge in [-0.2, -0.15) is 0 Å². The molecule has 108 valence electrons. The normalized spacial score (nSPS) is 11.9. The van der Waals surface area contributed by atoms with Gasteiger partial charge in [-0.15, -0.1) is 0 Å². The largest absolute Gasteiger partial charge is 0.496 e. The zero-order valence-corrected chi connectivity index (χ0v) is 13.3. The molecule has 2 nitrogen and oxygen atoms in total. The topological polar surface area (TPSA) is 21.3 Å². The minimum absolute atomic E-state index is 0.154. The highest BCUT2D eigenvalue weighted by atomic mass is 16.5. The second kappa shape index (κ2) is 6.95. The van der Waals surface area contributed by atoms with Crippen LogP contribution >= 0.6 is 0 Å². The Morgan fingerprint density at radius 3 is 2.32 bits per heavy atom. The van der Waals surface area contributed by atoms with Crippen molar-refractivity contribution in [1.29, 1.82) is 0 Å². The second-order valence-electron chi connectivity index (χ2n) is 5.73. The van der Waals surface area contributed by atoms with Gasteiger partial charge in [-0.05, 0) is 25.8 Å². The van der Waals surface area contributed by atoms with Crippen LogP contribution in [0.5, 0.6) is 5.75 Å². The van der Waals surface area contributed by atoms with E-state index in [-0.39, 0.29) is 5.41 Å². The van der Waals surface area contributed by atoms with E-state index in [0.29, 0.717) is 6.04 Å². The molecule has 0 spiro atoms. The van der Waals surface area contributed by atoms with Gasteiger partial charge >= 0.3 is 0 Å². The number of methoxy groups -OCH3 is 1. The second-order valence-corrected chi connectivity index (χ2v) is 5.73. The van der Waals surface area contributed by atoms with Crippen LogP contribution in [0.4, 0.5) is 0 Å². The van der Waals surface area contributed by atoms with Crippen LogP contribution < -0.4 is 10.1 Å². The summed E-state index contributed by atoms with van der Waals surface area (Å²) in [5.74, 6) is 1.01. The lowest BCUT2D eigenvalue weighted by Crippen LogP contribution is -2.40. The number of aryl methyl sites for hydroxylation is 1. The Morgan fingerprint density at radius 1 is 1.21 bits per heavy atom. The fraction of sp³-hybridized carbons (Fsp3) is 0.647. The number of hydrogen-bond donors (Lipinski definition) is 1. The molecule has 0 unspecified atom stereocenters. The molecule has 0 saturated heterocycles. The van der Waals surface area contributed by atoms with E-state index >= 15 is 0 Å². The van der Waals surface area contributed by atoms with E-state index in [1.165, 1.54) is 11.1 Å². The van der Waals surface area contributed by atoms with Crippen molar-refractivity contribution in [1.82, 2.24) is 5.32 Å². The summed E-state index contributed by atoms with van der Waals surface area (Å²) in [6.07, 6.45) is 2.23. The molecule has 0 aromatic heterocycles. The summed E-state index contributed by atoms with van der Waals surface area (Å²) >= 11 is 0. The van der Waals surface area contributed by atoms with Crippen molar-refractivity contribution in [3.05, 3.63) is 29.3 Å². The Hall–Kier alpha value is -1.02. The van der Waals surface area contributed by atoms with E-state index in [0.717, 1.165) is 25.1 Å². The summed E-state index contributed by atoms with van der Waals surface area (Å²) < 4.78 is 5.59. The molecule has 2 heteroatoms. The van der Waals surface area contributed by atoms with Gasteiger partial charge in [0, 0.05) is 23.6 Å². The third-order valence-electron chi connectivity index (χ3n) is 4.13. The van der Waals surface area contributed by atoms with Gasteiger partial charge < -0.3 is 10.1 Å². The van der Waals surface area contributed by atoms with Crippen molar-refractivity contribution < 1.29 is 4.74 Å². The lowest BCUT2D eigenvalue weighted by atomic mass is 9.74. The molecule has 0 heterocycles. The SMILES string of the molecule is CCC(CC)(CNC(C)C)c1cc(C)ccc1OC. The first kappa shape index (κ1) is 16.0. The maximum absolute atomic E-state index is 5.59. The third-order valence-corrected chi connectivity index (χ3v) is 4.13. The van der Waals surface area contributed by atoms with Gasteiger partial charge in [0.05, 0.1) is 7.11 Å². The molecule has 0 fully saturated rings. The number of rotatable bonds is 7. The zero-order chi connectivity index (χ0) is 14.5. The van der Waals surface area contributed by atoms with Gasteiger partial charge in [-0.25, -0.2) is 0 Å². The van der Waals surface area contributed by atoms with Crippen molar-refractivity contribution in [3.8, 4) is 5.75 Å². The van der Waals surface area contributed by atoms with Crippen LogP contribution in [0.15, 0.2) is 18.2 Å². The van der Waals surface area contributed by atoms with Crippen molar-refractivity contribution in [2.75, 3.05) is 13.7 Å². The minimum atomic E-state index is 0.154. The smallest absolute Gasteiger partial charge is 0.122 e. The molecular weight excluding hydrogens is 234 g/mol.